The molecule has 3 rings (SSSR count). The van der Waals surface area contributed by atoms with E-state index < -0.39 is 23.6 Å². The number of rotatable bonds is 4. The molecule has 0 radical (unpaired) electrons. The number of piperidine rings is 1. The maximum atomic E-state index is 12.7. The molecule has 2 heterocycles. The number of ether oxygens (including phenoxy) is 1. The van der Waals surface area contributed by atoms with E-state index in [-0.39, 0.29) is 23.5 Å². The van der Waals surface area contributed by atoms with Gasteiger partial charge < -0.3 is 25.0 Å². The second-order valence-electron chi connectivity index (χ2n) is 7.21. The Morgan fingerprint density at radius 1 is 1.30 bits per heavy atom. The molecule has 1 saturated heterocycles. The summed E-state index contributed by atoms with van der Waals surface area (Å²) in [5.74, 6) is -0.745. The van der Waals surface area contributed by atoms with Gasteiger partial charge in [0.15, 0.2) is 0 Å². The third-order valence-corrected chi connectivity index (χ3v) is 5.53. The summed E-state index contributed by atoms with van der Waals surface area (Å²) in [6, 6.07) is -0.486. The van der Waals surface area contributed by atoms with Crippen LogP contribution in [-0.2, 0) is 9.53 Å². The number of hydrogen-bond donors (Lipinski definition) is 3. The number of aromatic amines is 1. The summed E-state index contributed by atoms with van der Waals surface area (Å²) in [5, 5.41) is 13.1. The normalized spacial score (nSPS) is 26.6. The summed E-state index contributed by atoms with van der Waals surface area (Å²) in [6.07, 6.45) is 4.82. The van der Waals surface area contributed by atoms with E-state index in [9.17, 15) is 19.5 Å². The lowest BCUT2D eigenvalue weighted by Crippen LogP contribution is -2.51. The van der Waals surface area contributed by atoms with E-state index in [0.717, 1.165) is 12.8 Å². The number of methoxy groups -OCH3 is 1. The number of aromatic nitrogens is 2. The van der Waals surface area contributed by atoms with Crippen LogP contribution >= 0.6 is 0 Å². The van der Waals surface area contributed by atoms with Gasteiger partial charge in [-0.05, 0) is 32.1 Å². The second kappa shape index (κ2) is 8.62. The molecule has 1 aliphatic carbocycles. The van der Waals surface area contributed by atoms with Gasteiger partial charge in [0.1, 0.15) is 5.56 Å². The Labute approximate surface area is 157 Å². The van der Waals surface area contributed by atoms with Crippen LogP contribution in [0.25, 0.3) is 0 Å². The molecule has 3 N–H and O–H groups in total. The number of aliphatic hydroxyl groups excluding tert-OH is 1. The summed E-state index contributed by atoms with van der Waals surface area (Å²) in [5.41, 5.74) is -0.621. The first-order chi connectivity index (χ1) is 13.0. The lowest BCUT2D eigenvalue weighted by molar-refractivity contribution is -0.140. The minimum Gasteiger partial charge on any atom is -0.391 e. The average Bonchev–Trinajstić information content (AvgIpc) is 2.69. The SMILES string of the molecule is COC1CCN(C(=O)[C@H]2CC[C@H](NC(=O)c3cnc[nH]c3=O)[C@@H](O)C2)CC1. The lowest BCUT2D eigenvalue weighted by atomic mass is 9.82. The Morgan fingerprint density at radius 2 is 2.04 bits per heavy atom. The standard InChI is InChI=1S/C18H26N4O5/c1-27-12-4-6-22(7-5-12)18(26)11-2-3-14(15(23)8-11)21-17(25)13-9-19-10-20-16(13)24/h9-12,14-15,23H,2-8H2,1H3,(H,21,25)(H,19,20,24)/t11-,14-,15-/m0/s1. The molecule has 2 amide bonds. The van der Waals surface area contributed by atoms with Crippen LogP contribution in [0.2, 0.25) is 0 Å². The van der Waals surface area contributed by atoms with Crippen molar-refractivity contribution in [1.29, 1.82) is 0 Å². The molecule has 1 aromatic rings. The van der Waals surface area contributed by atoms with E-state index in [4.69, 9.17) is 4.74 Å². The summed E-state index contributed by atoms with van der Waals surface area (Å²) in [4.78, 5) is 44.6. The van der Waals surface area contributed by atoms with Crippen LogP contribution in [0.4, 0.5) is 0 Å². The summed E-state index contributed by atoms with van der Waals surface area (Å²) >= 11 is 0. The molecule has 1 saturated carbocycles. The molecular formula is C18H26N4O5. The third kappa shape index (κ3) is 4.54. The van der Waals surface area contributed by atoms with Crippen LogP contribution in [0, 0.1) is 5.92 Å². The number of aliphatic hydroxyl groups is 1. The maximum Gasteiger partial charge on any atom is 0.263 e. The van der Waals surface area contributed by atoms with Crippen LogP contribution in [0.15, 0.2) is 17.3 Å². The molecule has 0 unspecified atom stereocenters. The molecule has 0 spiro atoms. The predicted molar refractivity (Wildman–Crippen MR) is 96.1 cm³/mol. The molecular weight excluding hydrogens is 352 g/mol. The van der Waals surface area contributed by atoms with E-state index in [1.807, 2.05) is 4.90 Å². The highest BCUT2D eigenvalue weighted by Gasteiger charge is 2.36. The maximum absolute atomic E-state index is 12.7. The summed E-state index contributed by atoms with van der Waals surface area (Å²) in [7, 11) is 1.69. The molecule has 0 aromatic carbocycles. The minimum absolute atomic E-state index is 0.0667. The van der Waals surface area contributed by atoms with Crippen molar-refractivity contribution < 1.29 is 19.4 Å². The van der Waals surface area contributed by atoms with Gasteiger partial charge in [0.2, 0.25) is 5.91 Å². The van der Waals surface area contributed by atoms with Crippen LogP contribution < -0.4 is 10.9 Å². The highest BCUT2D eigenvalue weighted by atomic mass is 16.5. The molecule has 9 heteroatoms. The zero-order chi connectivity index (χ0) is 19.4. The molecule has 27 heavy (non-hydrogen) atoms. The first kappa shape index (κ1) is 19.5. The number of carbonyl (C=O) groups excluding carboxylic acids is 2. The van der Waals surface area contributed by atoms with Gasteiger partial charge in [0.05, 0.1) is 24.6 Å². The van der Waals surface area contributed by atoms with E-state index in [2.05, 4.69) is 15.3 Å². The van der Waals surface area contributed by atoms with E-state index in [1.165, 1.54) is 12.5 Å². The van der Waals surface area contributed by atoms with Crippen molar-refractivity contribution >= 4 is 11.8 Å². The fourth-order valence-electron chi connectivity index (χ4n) is 3.86. The van der Waals surface area contributed by atoms with Gasteiger partial charge in [-0.3, -0.25) is 14.4 Å². The van der Waals surface area contributed by atoms with Crippen LogP contribution in [0.3, 0.4) is 0 Å². The van der Waals surface area contributed by atoms with Crippen LogP contribution in [0.5, 0.6) is 0 Å². The molecule has 3 atom stereocenters. The Morgan fingerprint density at radius 3 is 2.67 bits per heavy atom. The first-order valence-corrected chi connectivity index (χ1v) is 9.32. The summed E-state index contributed by atoms with van der Waals surface area (Å²) in [6.45, 7) is 1.35. The number of carbonyl (C=O) groups is 2. The Bertz CT molecular complexity index is 728. The zero-order valence-corrected chi connectivity index (χ0v) is 15.4. The van der Waals surface area contributed by atoms with Crippen LogP contribution in [-0.4, -0.2) is 70.2 Å². The number of nitrogens with zero attached hydrogens (tertiary/aromatic N) is 2. The Hall–Kier alpha value is -2.26. The molecule has 0 bridgehead atoms. The largest absolute Gasteiger partial charge is 0.391 e. The molecule has 1 aromatic heterocycles. The second-order valence-corrected chi connectivity index (χ2v) is 7.21. The molecule has 2 aliphatic rings. The monoisotopic (exact) mass is 378 g/mol. The number of nitrogens with one attached hydrogen (secondary N) is 2. The van der Waals surface area contributed by atoms with E-state index in [0.29, 0.717) is 32.4 Å². The number of amides is 2. The van der Waals surface area contributed by atoms with Crippen molar-refractivity contribution in [3.63, 3.8) is 0 Å². The highest BCUT2D eigenvalue weighted by molar-refractivity contribution is 5.93. The van der Waals surface area contributed by atoms with Gasteiger partial charge >= 0.3 is 0 Å². The first-order valence-electron chi connectivity index (χ1n) is 9.32. The van der Waals surface area contributed by atoms with Gasteiger partial charge in [0.25, 0.3) is 11.5 Å². The Kier molecular flexibility index (Phi) is 6.22. The van der Waals surface area contributed by atoms with E-state index in [1.54, 1.807) is 7.11 Å². The molecule has 2 fully saturated rings. The van der Waals surface area contributed by atoms with Crippen molar-refractivity contribution in [3.05, 3.63) is 28.4 Å². The van der Waals surface area contributed by atoms with Gasteiger partial charge in [-0.2, -0.15) is 0 Å². The molecule has 148 valence electrons. The van der Waals surface area contributed by atoms with Crippen molar-refractivity contribution in [3.8, 4) is 0 Å². The zero-order valence-electron chi connectivity index (χ0n) is 15.4. The van der Waals surface area contributed by atoms with Crippen molar-refractivity contribution in [2.24, 2.45) is 5.92 Å². The number of hydrogen-bond acceptors (Lipinski definition) is 6. The number of H-pyrrole nitrogens is 1. The van der Waals surface area contributed by atoms with Crippen molar-refractivity contribution in [2.45, 2.75) is 50.4 Å². The number of likely N-dealkylation sites (tertiary alicyclic amines) is 1. The minimum atomic E-state index is -0.830. The van der Waals surface area contributed by atoms with Crippen molar-refractivity contribution in [2.75, 3.05) is 20.2 Å². The van der Waals surface area contributed by atoms with Gasteiger partial charge in [-0.15, -0.1) is 0 Å². The van der Waals surface area contributed by atoms with Crippen molar-refractivity contribution in [1.82, 2.24) is 20.2 Å². The quantitative estimate of drug-likeness (QED) is 0.659. The Balaban J connectivity index is 1.53. The van der Waals surface area contributed by atoms with Gasteiger partial charge in [0, 0.05) is 32.3 Å². The van der Waals surface area contributed by atoms with Crippen LogP contribution in [0.1, 0.15) is 42.5 Å². The average molecular weight is 378 g/mol. The summed E-state index contributed by atoms with van der Waals surface area (Å²) < 4.78 is 5.33. The fraction of sp³-hybridized carbons (Fsp3) is 0.667. The molecule has 1 aliphatic heterocycles. The predicted octanol–water partition coefficient (Wildman–Crippen LogP) is -0.333. The third-order valence-electron chi connectivity index (χ3n) is 5.53. The molecule has 9 nitrogen and oxygen atoms in total. The fourth-order valence-corrected chi connectivity index (χ4v) is 3.86. The smallest absolute Gasteiger partial charge is 0.263 e. The van der Waals surface area contributed by atoms with E-state index >= 15 is 0 Å². The lowest BCUT2D eigenvalue weighted by Gasteiger charge is -2.37. The topological polar surface area (TPSA) is 125 Å². The van der Waals surface area contributed by atoms with Gasteiger partial charge in [-0.1, -0.05) is 0 Å². The highest BCUT2D eigenvalue weighted by Crippen LogP contribution is 2.28. The van der Waals surface area contributed by atoms with Gasteiger partial charge in [-0.25, -0.2) is 4.98 Å².